The summed E-state index contributed by atoms with van der Waals surface area (Å²) in [6.07, 6.45) is 6.83. The van der Waals surface area contributed by atoms with Crippen molar-refractivity contribution in [1.29, 1.82) is 0 Å². The number of nitrogens with one attached hydrogen (secondary N) is 2. The molecular weight excluding hydrogens is 300 g/mol. The number of aryl methyl sites for hydroxylation is 1. The summed E-state index contributed by atoms with van der Waals surface area (Å²) >= 11 is 0. The largest absolute Gasteiger partial charge is 0.496 e. The predicted octanol–water partition coefficient (Wildman–Crippen LogP) is 4.83. The lowest BCUT2D eigenvalue weighted by molar-refractivity contribution is 0.255. The first-order valence-corrected chi connectivity index (χ1v) is 8.19. The number of methoxy groups -OCH3 is 1. The van der Waals surface area contributed by atoms with Crippen LogP contribution in [0.4, 0.5) is 10.5 Å². The lowest BCUT2D eigenvalue weighted by Gasteiger charge is -2.06. The molecule has 0 fully saturated rings. The molecule has 2 N–H and O–H groups in total. The molecule has 0 aromatic heterocycles. The van der Waals surface area contributed by atoms with Gasteiger partial charge in [0, 0.05) is 17.5 Å². The first-order valence-electron chi connectivity index (χ1n) is 8.19. The molecule has 0 heterocycles. The Morgan fingerprint density at radius 3 is 2.58 bits per heavy atom. The molecule has 4 heteroatoms. The van der Waals surface area contributed by atoms with Crippen molar-refractivity contribution in [3.63, 3.8) is 0 Å². The number of unbranched alkanes of at least 4 members (excludes halogenated alkanes) is 1. The maximum Gasteiger partial charge on any atom is 0.323 e. The maximum atomic E-state index is 11.9. The Bertz CT molecular complexity index is 678. The van der Waals surface area contributed by atoms with Crippen LogP contribution in [0.1, 0.15) is 30.9 Å². The van der Waals surface area contributed by atoms with Crippen LogP contribution in [0.15, 0.2) is 54.7 Å². The number of benzene rings is 2. The number of anilines is 1. The molecule has 0 aliphatic carbocycles. The Balaban J connectivity index is 1.85. The van der Waals surface area contributed by atoms with Gasteiger partial charge >= 0.3 is 6.03 Å². The van der Waals surface area contributed by atoms with Gasteiger partial charge in [0.05, 0.1) is 7.11 Å². The number of hydrogen-bond acceptors (Lipinski definition) is 2. The SMILES string of the molecule is CCCCc1ccc(NC(=O)N/C=C/c2ccccc2OC)cc1. The van der Waals surface area contributed by atoms with Crippen LogP contribution < -0.4 is 15.4 Å². The Labute approximate surface area is 143 Å². The highest BCUT2D eigenvalue weighted by Crippen LogP contribution is 2.18. The maximum absolute atomic E-state index is 11.9. The van der Waals surface area contributed by atoms with Crippen LogP contribution in [0.25, 0.3) is 6.08 Å². The number of amides is 2. The van der Waals surface area contributed by atoms with Gasteiger partial charge < -0.3 is 15.4 Å². The molecule has 0 bridgehead atoms. The van der Waals surface area contributed by atoms with Gasteiger partial charge in [-0.1, -0.05) is 43.7 Å². The molecule has 24 heavy (non-hydrogen) atoms. The minimum absolute atomic E-state index is 0.276. The fourth-order valence-corrected chi connectivity index (χ4v) is 2.31. The van der Waals surface area contributed by atoms with Crippen LogP contribution in [0.5, 0.6) is 5.75 Å². The van der Waals surface area contributed by atoms with Gasteiger partial charge in [0.2, 0.25) is 0 Å². The Kier molecular flexibility index (Phi) is 6.90. The normalized spacial score (nSPS) is 10.6. The van der Waals surface area contributed by atoms with E-state index in [1.165, 1.54) is 18.4 Å². The van der Waals surface area contributed by atoms with Crippen LogP contribution in [-0.2, 0) is 6.42 Å². The summed E-state index contributed by atoms with van der Waals surface area (Å²) in [6.45, 7) is 2.18. The van der Waals surface area contributed by atoms with Crippen molar-refractivity contribution in [2.45, 2.75) is 26.2 Å². The summed E-state index contributed by atoms with van der Waals surface area (Å²) in [5.41, 5.74) is 2.97. The Morgan fingerprint density at radius 2 is 1.88 bits per heavy atom. The van der Waals surface area contributed by atoms with E-state index in [1.54, 1.807) is 19.4 Å². The van der Waals surface area contributed by atoms with Gasteiger partial charge in [-0.3, -0.25) is 0 Å². The zero-order chi connectivity index (χ0) is 17.2. The number of urea groups is 1. The third-order valence-corrected chi connectivity index (χ3v) is 3.65. The molecular formula is C20H24N2O2. The molecule has 2 rings (SSSR count). The second kappa shape index (κ2) is 9.40. The van der Waals surface area contributed by atoms with Gasteiger partial charge in [0.1, 0.15) is 5.75 Å². The minimum Gasteiger partial charge on any atom is -0.496 e. The van der Waals surface area contributed by atoms with Crippen molar-refractivity contribution in [2.75, 3.05) is 12.4 Å². The molecule has 0 saturated heterocycles. The second-order valence-corrected chi connectivity index (χ2v) is 5.47. The van der Waals surface area contributed by atoms with Crippen LogP contribution >= 0.6 is 0 Å². The molecule has 126 valence electrons. The van der Waals surface area contributed by atoms with E-state index < -0.39 is 0 Å². The van der Waals surface area contributed by atoms with Crippen molar-refractivity contribution >= 4 is 17.8 Å². The molecule has 0 aliphatic rings. The summed E-state index contributed by atoms with van der Waals surface area (Å²) in [7, 11) is 1.62. The first kappa shape index (κ1) is 17.6. The van der Waals surface area contributed by atoms with E-state index in [9.17, 15) is 4.79 Å². The predicted molar refractivity (Wildman–Crippen MR) is 99.2 cm³/mol. The van der Waals surface area contributed by atoms with Gasteiger partial charge in [-0.15, -0.1) is 0 Å². The molecule has 2 amide bonds. The average Bonchev–Trinajstić information content (AvgIpc) is 2.61. The quantitative estimate of drug-likeness (QED) is 0.766. The Morgan fingerprint density at radius 1 is 1.12 bits per heavy atom. The van der Waals surface area contributed by atoms with E-state index in [4.69, 9.17) is 4.74 Å². The molecule has 0 saturated carbocycles. The molecule has 0 unspecified atom stereocenters. The monoisotopic (exact) mass is 324 g/mol. The van der Waals surface area contributed by atoms with Crippen molar-refractivity contribution in [3.8, 4) is 5.75 Å². The van der Waals surface area contributed by atoms with Gasteiger partial charge in [0.15, 0.2) is 0 Å². The number of carbonyl (C=O) groups excluding carboxylic acids is 1. The average molecular weight is 324 g/mol. The smallest absolute Gasteiger partial charge is 0.323 e. The Hall–Kier alpha value is -2.75. The number of carbonyl (C=O) groups is 1. The first-order chi connectivity index (χ1) is 11.7. The van der Waals surface area contributed by atoms with Crippen LogP contribution in [-0.4, -0.2) is 13.1 Å². The van der Waals surface area contributed by atoms with Crippen molar-refractivity contribution < 1.29 is 9.53 Å². The highest BCUT2D eigenvalue weighted by atomic mass is 16.5. The molecule has 0 atom stereocenters. The van der Waals surface area contributed by atoms with E-state index in [0.717, 1.165) is 23.4 Å². The van der Waals surface area contributed by atoms with Crippen molar-refractivity contribution in [1.82, 2.24) is 5.32 Å². The molecule has 0 radical (unpaired) electrons. The molecule has 4 nitrogen and oxygen atoms in total. The summed E-state index contributed by atoms with van der Waals surface area (Å²) < 4.78 is 5.26. The zero-order valence-electron chi connectivity index (χ0n) is 14.2. The van der Waals surface area contributed by atoms with Gasteiger partial charge in [0.25, 0.3) is 0 Å². The fourth-order valence-electron chi connectivity index (χ4n) is 2.31. The number of ether oxygens (including phenoxy) is 1. The van der Waals surface area contributed by atoms with Crippen LogP contribution in [0, 0.1) is 0 Å². The van der Waals surface area contributed by atoms with E-state index in [-0.39, 0.29) is 6.03 Å². The van der Waals surface area contributed by atoms with Crippen LogP contribution in [0.2, 0.25) is 0 Å². The van der Waals surface area contributed by atoms with Crippen molar-refractivity contribution in [3.05, 3.63) is 65.9 Å². The molecule has 0 aliphatic heterocycles. The standard InChI is InChI=1S/C20H24N2O2/c1-3-4-7-16-10-12-18(13-11-16)22-20(23)21-15-14-17-8-5-6-9-19(17)24-2/h5-6,8-15H,3-4,7H2,1-2H3,(H2,21,22,23)/b15-14+. The second-order valence-electron chi connectivity index (χ2n) is 5.47. The zero-order valence-corrected chi connectivity index (χ0v) is 14.2. The summed E-state index contributed by atoms with van der Waals surface area (Å²) in [5, 5.41) is 5.50. The number of hydrogen-bond donors (Lipinski definition) is 2. The lowest BCUT2D eigenvalue weighted by Crippen LogP contribution is -2.23. The van der Waals surface area contributed by atoms with E-state index >= 15 is 0 Å². The lowest BCUT2D eigenvalue weighted by atomic mass is 10.1. The van der Waals surface area contributed by atoms with Crippen molar-refractivity contribution in [2.24, 2.45) is 0 Å². The third-order valence-electron chi connectivity index (χ3n) is 3.65. The van der Waals surface area contributed by atoms with Gasteiger partial charge in [-0.05, 0) is 42.7 Å². The highest BCUT2D eigenvalue weighted by molar-refractivity contribution is 5.90. The van der Waals surface area contributed by atoms with Gasteiger partial charge in [-0.25, -0.2) is 4.79 Å². The molecule has 2 aromatic rings. The molecule has 0 spiro atoms. The van der Waals surface area contributed by atoms with E-state index in [0.29, 0.717) is 0 Å². The minimum atomic E-state index is -0.276. The number of para-hydroxylation sites is 1. The molecule has 2 aromatic carbocycles. The third kappa shape index (κ3) is 5.47. The number of rotatable bonds is 7. The van der Waals surface area contributed by atoms with E-state index in [2.05, 4.69) is 29.7 Å². The summed E-state index contributed by atoms with van der Waals surface area (Å²) in [5.74, 6) is 0.763. The summed E-state index contributed by atoms with van der Waals surface area (Å²) in [4.78, 5) is 11.9. The van der Waals surface area contributed by atoms with E-state index in [1.807, 2.05) is 36.4 Å². The summed E-state index contributed by atoms with van der Waals surface area (Å²) in [6, 6.07) is 15.3. The topological polar surface area (TPSA) is 50.4 Å². The highest BCUT2D eigenvalue weighted by Gasteiger charge is 2.00. The fraction of sp³-hybridized carbons (Fsp3) is 0.250. The van der Waals surface area contributed by atoms with Crippen LogP contribution in [0.3, 0.4) is 0 Å². The van der Waals surface area contributed by atoms with Gasteiger partial charge in [-0.2, -0.15) is 0 Å².